The van der Waals surface area contributed by atoms with Gasteiger partial charge < -0.3 is 15.8 Å². The van der Waals surface area contributed by atoms with Gasteiger partial charge in [-0.25, -0.2) is 14.8 Å². The molecule has 4 aromatic heterocycles. The lowest BCUT2D eigenvalue weighted by Gasteiger charge is -2.30. The third-order valence-electron chi connectivity index (χ3n) is 9.59. The zero-order valence-corrected chi connectivity index (χ0v) is 31.7. The zero-order valence-electron chi connectivity index (χ0n) is 30.2. The Balaban J connectivity index is 0.000000236. The minimum absolute atomic E-state index is 0. The number of halogens is 2. The molecule has 6 rings (SSSR count). The molecule has 0 aliphatic heterocycles. The number of aromatic amines is 2. The molecule has 5 N–H and O–H groups in total. The van der Waals surface area contributed by atoms with Crippen molar-refractivity contribution in [3.63, 3.8) is 0 Å². The highest BCUT2D eigenvalue weighted by Crippen LogP contribution is 2.36. The number of rotatable bonds is 9. The van der Waals surface area contributed by atoms with Crippen molar-refractivity contribution < 1.29 is 9.53 Å². The number of nitrogens with two attached hydrogens (primary N) is 1. The number of pyridine rings is 2. The number of fused-ring (bicyclic) bond motifs is 2. The summed E-state index contributed by atoms with van der Waals surface area (Å²) in [5.74, 6) is 0. The molecule has 0 saturated carbocycles. The number of hydrogen-bond acceptors (Lipinski definition) is 7. The summed E-state index contributed by atoms with van der Waals surface area (Å²) in [5.41, 5.74) is 12.9. The van der Waals surface area contributed by atoms with Crippen molar-refractivity contribution >= 4 is 51.4 Å². The van der Waals surface area contributed by atoms with E-state index in [2.05, 4.69) is 99.8 Å². The molecule has 0 saturated heterocycles. The van der Waals surface area contributed by atoms with Crippen molar-refractivity contribution in [3.8, 4) is 22.3 Å². The molecule has 0 radical (unpaired) electrons. The number of carbonyl (C=O) groups excluding carboxylic acids is 1. The summed E-state index contributed by atoms with van der Waals surface area (Å²) in [6, 6.07) is 20.6. The van der Waals surface area contributed by atoms with Crippen LogP contribution in [0.1, 0.15) is 79.9 Å². The largest absolute Gasteiger partial charge is 0.444 e. The van der Waals surface area contributed by atoms with Gasteiger partial charge in [0, 0.05) is 36.3 Å². The maximum atomic E-state index is 12.1. The van der Waals surface area contributed by atoms with E-state index in [1.165, 1.54) is 5.56 Å². The van der Waals surface area contributed by atoms with Gasteiger partial charge in [-0.15, -0.1) is 0 Å². The number of nitrogens with zero attached hydrogens (tertiary/aromatic N) is 4. The first kappa shape index (κ1) is 40.3. The Bertz CT molecular complexity index is 2130. The minimum Gasteiger partial charge on any atom is -0.444 e. The average Bonchev–Trinajstić information content (AvgIpc) is 3.71. The molecule has 12 heteroatoms. The van der Waals surface area contributed by atoms with Gasteiger partial charge in [0.05, 0.1) is 10.8 Å². The highest BCUT2D eigenvalue weighted by molar-refractivity contribution is 6.35. The van der Waals surface area contributed by atoms with Gasteiger partial charge >= 0.3 is 6.09 Å². The number of H-pyrrole nitrogens is 2. The van der Waals surface area contributed by atoms with Crippen molar-refractivity contribution in [2.75, 3.05) is 13.1 Å². The Morgan fingerprint density at radius 3 is 1.65 bits per heavy atom. The Kier molecular flexibility index (Phi) is 12.7. The van der Waals surface area contributed by atoms with Gasteiger partial charge in [-0.1, -0.05) is 107 Å². The van der Waals surface area contributed by atoms with Crippen LogP contribution in [0.3, 0.4) is 0 Å². The lowest BCUT2D eigenvalue weighted by molar-refractivity contribution is 0.0515. The predicted molar refractivity (Wildman–Crippen MR) is 214 cm³/mol. The van der Waals surface area contributed by atoms with Gasteiger partial charge in [0.2, 0.25) is 0 Å². The van der Waals surface area contributed by atoms with Crippen LogP contribution in [0.5, 0.6) is 0 Å². The molecule has 0 aliphatic rings. The zero-order chi connectivity index (χ0) is 37.0. The smallest absolute Gasteiger partial charge is 0.407 e. The highest BCUT2D eigenvalue weighted by atomic mass is 35.5. The van der Waals surface area contributed by atoms with Crippen LogP contribution in [-0.4, -0.2) is 55.1 Å². The first-order valence-electron chi connectivity index (χ1n) is 17.1. The number of carbonyl (C=O) groups is 1. The lowest BCUT2D eigenvalue weighted by Crippen LogP contribution is -2.41. The molecule has 0 fully saturated rings. The number of ether oxygens (including phenoxy) is 1. The molecule has 1 amide bonds. The molecule has 0 bridgehead atoms. The fourth-order valence-corrected chi connectivity index (χ4v) is 6.36. The number of aromatic nitrogens is 6. The van der Waals surface area contributed by atoms with E-state index in [0.717, 1.165) is 51.4 Å². The van der Waals surface area contributed by atoms with E-state index in [9.17, 15) is 4.79 Å². The SMILES string of the molecule is C.CCC(C)(CN)c1cccc(-c2ccnc3n[nH]c(Cl)c23)c1.CCC(C)(CNC(=O)OC(C)(C)C)c1cccc(-c2ccnc3n[nH]c(Cl)c23)c1. The third-order valence-corrected chi connectivity index (χ3v) is 10.1. The Morgan fingerprint density at radius 1 is 0.769 bits per heavy atom. The summed E-state index contributed by atoms with van der Waals surface area (Å²) >= 11 is 12.5. The highest BCUT2D eigenvalue weighted by Gasteiger charge is 2.28. The van der Waals surface area contributed by atoms with Crippen molar-refractivity contribution in [1.82, 2.24) is 35.7 Å². The van der Waals surface area contributed by atoms with E-state index in [-0.39, 0.29) is 18.3 Å². The fraction of sp³-hybridized carbons (Fsp3) is 0.375. The predicted octanol–water partition coefficient (Wildman–Crippen LogP) is 10.0. The lowest BCUT2D eigenvalue weighted by atomic mass is 9.79. The number of nitrogens with one attached hydrogen (secondary N) is 3. The van der Waals surface area contributed by atoms with Crippen LogP contribution < -0.4 is 11.1 Å². The summed E-state index contributed by atoms with van der Waals surface area (Å²) in [6.45, 7) is 15.3. The second-order valence-electron chi connectivity index (χ2n) is 14.2. The molecule has 10 nitrogen and oxygen atoms in total. The van der Waals surface area contributed by atoms with Crippen LogP contribution in [0.15, 0.2) is 73.1 Å². The summed E-state index contributed by atoms with van der Waals surface area (Å²) in [7, 11) is 0. The molecule has 52 heavy (non-hydrogen) atoms. The number of alkyl carbamates (subject to hydrolysis) is 1. The molecule has 6 aromatic rings. The molecule has 2 unspecified atom stereocenters. The van der Waals surface area contributed by atoms with E-state index in [0.29, 0.717) is 34.7 Å². The molecule has 2 aromatic carbocycles. The number of benzene rings is 2. The molecular weight excluding hydrogens is 695 g/mol. The summed E-state index contributed by atoms with van der Waals surface area (Å²) in [6.07, 6.45) is 4.92. The maximum absolute atomic E-state index is 12.1. The minimum atomic E-state index is -0.525. The van der Waals surface area contributed by atoms with Gasteiger partial charge in [-0.05, 0) is 79.1 Å². The van der Waals surface area contributed by atoms with E-state index in [1.54, 1.807) is 12.4 Å². The van der Waals surface area contributed by atoms with E-state index in [4.69, 9.17) is 33.7 Å². The fourth-order valence-electron chi connectivity index (χ4n) is 5.90. The summed E-state index contributed by atoms with van der Waals surface area (Å²) in [5, 5.41) is 19.4. The normalized spacial score (nSPS) is 13.7. The average molecular weight is 746 g/mol. The van der Waals surface area contributed by atoms with E-state index in [1.807, 2.05) is 45.0 Å². The van der Waals surface area contributed by atoms with Gasteiger partial charge in [-0.2, -0.15) is 10.2 Å². The first-order chi connectivity index (χ1) is 24.2. The topological polar surface area (TPSA) is 147 Å². The molecular formula is C40H50Cl2N8O2. The summed E-state index contributed by atoms with van der Waals surface area (Å²) in [4.78, 5) is 20.6. The van der Waals surface area contributed by atoms with Crippen LogP contribution in [0.2, 0.25) is 10.3 Å². The van der Waals surface area contributed by atoms with Crippen molar-refractivity contribution in [3.05, 3.63) is 94.5 Å². The van der Waals surface area contributed by atoms with Gasteiger partial charge in [-0.3, -0.25) is 10.2 Å². The molecule has 0 aliphatic carbocycles. The Labute approximate surface area is 316 Å². The van der Waals surface area contributed by atoms with Crippen LogP contribution >= 0.6 is 23.2 Å². The second kappa shape index (κ2) is 16.4. The Morgan fingerprint density at radius 2 is 1.23 bits per heavy atom. The van der Waals surface area contributed by atoms with Gasteiger partial charge in [0.25, 0.3) is 0 Å². The Hall–Kier alpha value is -4.51. The molecule has 0 spiro atoms. The standard InChI is InChI=1S/C22H27ClN4O2.C17H19ClN4.CH4/c1-6-22(5,13-25-20(28)29-21(2,3)4)15-9-7-8-14(12-15)16-10-11-24-19-17(16)18(23)26-27-19;1-3-17(2,10-19)12-6-4-5-11(9-12)13-7-8-20-16-14(13)15(18)21-22-16;/h7-12H,6,13H2,1-5H3,(H,25,28)(H,24,26,27);4-9H,3,10,19H2,1-2H3,(H,20,21,22);1H4. The molecule has 2 atom stereocenters. The van der Waals surface area contributed by atoms with E-state index >= 15 is 0 Å². The van der Waals surface area contributed by atoms with Crippen LogP contribution in [0.4, 0.5) is 4.79 Å². The van der Waals surface area contributed by atoms with Crippen molar-refractivity contribution in [2.24, 2.45) is 5.73 Å². The van der Waals surface area contributed by atoms with Crippen LogP contribution in [-0.2, 0) is 15.6 Å². The van der Waals surface area contributed by atoms with E-state index < -0.39 is 11.7 Å². The monoisotopic (exact) mass is 744 g/mol. The second-order valence-corrected chi connectivity index (χ2v) is 15.0. The molecule has 4 heterocycles. The van der Waals surface area contributed by atoms with Crippen molar-refractivity contribution in [1.29, 1.82) is 0 Å². The summed E-state index contributed by atoms with van der Waals surface area (Å²) < 4.78 is 5.38. The first-order valence-corrected chi connectivity index (χ1v) is 17.8. The van der Waals surface area contributed by atoms with Gasteiger partial charge in [0.1, 0.15) is 15.9 Å². The maximum Gasteiger partial charge on any atom is 0.407 e. The number of hydrogen-bond donors (Lipinski definition) is 4. The van der Waals surface area contributed by atoms with Crippen LogP contribution in [0.25, 0.3) is 44.3 Å². The van der Waals surface area contributed by atoms with Crippen molar-refractivity contribution in [2.45, 2.75) is 85.2 Å². The third kappa shape index (κ3) is 8.74. The molecule has 276 valence electrons. The van der Waals surface area contributed by atoms with Gasteiger partial charge in [0.15, 0.2) is 11.3 Å². The quantitative estimate of drug-likeness (QED) is 0.115. The van der Waals surface area contributed by atoms with Crippen LogP contribution in [0, 0.1) is 0 Å². The number of amides is 1.